The van der Waals surface area contributed by atoms with E-state index in [4.69, 9.17) is 9.47 Å². The van der Waals surface area contributed by atoms with Crippen LogP contribution in [0, 0.1) is 0 Å². The number of aryl methyl sites for hydroxylation is 1. The van der Waals surface area contributed by atoms with Crippen LogP contribution in [-0.4, -0.2) is 54.8 Å². The molecule has 1 aliphatic heterocycles. The number of aliphatic imine (C=N–C) groups is 1. The number of ether oxygens (including phenoxy) is 2. The molecule has 36 heavy (non-hydrogen) atoms. The van der Waals surface area contributed by atoms with Crippen LogP contribution in [0.4, 0.5) is 4.79 Å². The smallest absolute Gasteiger partial charge is 0.408 e. The highest BCUT2D eigenvalue weighted by atomic mass is 16.5. The van der Waals surface area contributed by atoms with Crippen molar-refractivity contribution >= 4 is 23.9 Å². The zero-order chi connectivity index (χ0) is 25.6. The molecule has 0 radical (unpaired) electrons. The first-order valence-electron chi connectivity index (χ1n) is 12.0. The fourth-order valence-corrected chi connectivity index (χ4v) is 3.48. The highest BCUT2D eigenvalue weighted by Crippen LogP contribution is 2.14. The molecule has 2 aromatic rings. The summed E-state index contributed by atoms with van der Waals surface area (Å²) in [4.78, 5) is 39.7. The average molecular weight is 497 g/mol. The van der Waals surface area contributed by atoms with Crippen LogP contribution in [0.1, 0.15) is 36.8 Å². The number of amides is 2. The van der Waals surface area contributed by atoms with E-state index in [1.165, 1.54) is 0 Å². The number of aliphatic carboxylic acids is 1. The van der Waals surface area contributed by atoms with Crippen molar-refractivity contribution in [3.8, 4) is 5.75 Å². The van der Waals surface area contributed by atoms with Crippen LogP contribution in [0.2, 0.25) is 0 Å². The second-order valence-electron chi connectivity index (χ2n) is 8.29. The van der Waals surface area contributed by atoms with Gasteiger partial charge in [0.25, 0.3) is 0 Å². The number of benzene rings is 2. The lowest BCUT2D eigenvalue weighted by atomic mass is 10.1. The van der Waals surface area contributed by atoms with Crippen molar-refractivity contribution in [2.75, 3.05) is 19.7 Å². The molecule has 0 aromatic heterocycles. The number of guanidine groups is 1. The van der Waals surface area contributed by atoms with Crippen molar-refractivity contribution in [3.63, 3.8) is 0 Å². The number of nitrogens with zero attached hydrogens (tertiary/aromatic N) is 1. The molecule has 1 atom stereocenters. The summed E-state index contributed by atoms with van der Waals surface area (Å²) >= 11 is 0. The summed E-state index contributed by atoms with van der Waals surface area (Å²) in [5.41, 5.74) is 1.87. The lowest BCUT2D eigenvalue weighted by Crippen LogP contribution is -2.43. The lowest BCUT2D eigenvalue weighted by molar-refractivity contribution is -0.139. The highest BCUT2D eigenvalue weighted by molar-refractivity contribution is 5.97. The molecule has 10 nitrogen and oxygen atoms in total. The van der Waals surface area contributed by atoms with Crippen LogP contribution in [0.15, 0.2) is 59.6 Å². The van der Waals surface area contributed by atoms with Crippen LogP contribution >= 0.6 is 0 Å². The van der Waals surface area contributed by atoms with E-state index in [0.717, 1.165) is 37.1 Å². The number of carboxylic acids is 1. The van der Waals surface area contributed by atoms with Crippen molar-refractivity contribution in [2.45, 2.75) is 44.8 Å². The van der Waals surface area contributed by atoms with Gasteiger partial charge in [-0.05, 0) is 42.5 Å². The molecule has 4 N–H and O–H groups in total. The Morgan fingerprint density at radius 3 is 2.53 bits per heavy atom. The van der Waals surface area contributed by atoms with Gasteiger partial charge in [0.2, 0.25) is 5.91 Å². The predicted octanol–water partition coefficient (Wildman–Crippen LogP) is 2.62. The Bertz CT molecular complexity index is 1030. The molecule has 0 aliphatic carbocycles. The topological polar surface area (TPSA) is 138 Å². The summed E-state index contributed by atoms with van der Waals surface area (Å²) in [6.07, 6.45) is 2.09. The third kappa shape index (κ3) is 9.65. The van der Waals surface area contributed by atoms with Gasteiger partial charge in [0.05, 0.1) is 6.61 Å². The number of alkyl carbamates (subject to hydrolysis) is 1. The van der Waals surface area contributed by atoms with Gasteiger partial charge < -0.3 is 25.2 Å². The summed E-state index contributed by atoms with van der Waals surface area (Å²) in [6, 6.07) is 15.4. The van der Waals surface area contributed by atoms with Crippen molar-refractivity contribution in [3.05, 3.63) is 65.7 Å². The average Bonchev–Trinajstić information content (AvgIpc) is 2.89. The standard InChI is InChI=1S/C26H32N4O6/c31-23(30-25-27-15-5-16-28-25)9-4-8-19-10-12-21(13-11-19)35-17-14-22(24(32)33)29-26(34)36-18-20-6-2-1-3-7-20/h1-3,6-7,10-13,22H,4-5,8-9,14-18H2,(H,29,34)(H,32,33)(H2,27,28,30,31). The third-order valence-electron chi connectivity index (χ3n) is 5.43. The molecular formula is C26H32N4O6. The Morgan fingerprint density at radius 2 is 1.83 bits per heavy atom. The van der Waals surface area contributed by atoms with E-state index in [-0.39, 0.29) is 25.5 Å². The predicted molar refractivity (Wildman–Crippen MR) is 134 cm³/mol. The van der Waals surface area contributed by atoms with E-state index in [1.807, 2.05) is 42.5 Å². The normalized spacial score (nSPS) is 13.5. The fraction of sp³-hybridized carbons (Fsp3) is 0.385. The minimum absolute atomic E-state index is 0.0546. The molecule has 0 saturated heterocycles. The number of carboxylic acid groups (broad SMARTS) is 1. The van der Waals surface area contributed by atoms with Crippen LogP contribution in [0.3, 0.4) is 0 Å². The third-order valence-corrected chi connectivity index (χ3v) is 5.43. The maximum absolute atomic E-state index is 12.0. The maximum atomic E-state index is 12.0. The molecule has 2 aromatic carbocycles. The summed E-state index contributed by atoms with van der Waals surface area (Å²) in [7, 11) is 0. The Morgan fingerprint density at radius 1 is 1.06 bits per heavy atom. The SMILES string of the molecule is O=C(CCCc1ccc(OCCC(NC(=O)OCc2ccccc2)C(=O)O)cc1)NC1=NCCCN1. The molecule has 1 aliphatic rings. The second-order valence-corrected chi connectivity index (χ2v) is 8.29. The van der Waals surface area contributed by atoms with Gasteiger partial charge in [-0.3, -0.25) is 15.1 Å². The Kier molecular flexibility index (Phi) is 10.6. The van der Waals surface area contributed by atoms with Crippen molar-refractivity contribution in [2.24, 2.45) is 4.99 Å². The Labute approximate surface area is 210 Å². The zero-order valence-electron chi connectivity index (χ0n) is 20.1. The number of nitrogens with one attached hydrogen (secondary N) is 3. The molecule has 3 rings (SSSR count). The maximum Gasteiger partial charge on any atom is 0.408 e. The molecule has 0 fully saturated rings. The molecule has 192 valence electrons. The zero-order valence-corrected chi connectivity index (χ0v) is 20.1. The number of hydrogen-bond donors (Lipinski definition) is 4. The Balaban J connectivity index is 1.33. The quantitative estimate of drug-likeness (QED) is 0.354. The molecule has 0 saturated carbocycles. The number of hydrogen-bond acceptors (Lipinski definition) is 7. The van der Waals surface area contributed by atoms with Gasteiger partial charge in [-0.2, -0.15) is 0 Å². The molecule has 1 unspecified atom stereocenters. The van der Waals surface area contributed by atoms with E-state index < -0.39 is 18.1 Å². The Hall–Kier alpha value is -4.08. The van der Waals surface area contributed by atoms with E-state index in [0.29, 0.717) is 24.6 Å². The first-order chi connectivity index (χ1) is 17.5. The molecule has 0 bridgehead atoms. The lowest BCUT2D eigenvalue weighted by Gasteiger charge is -2.15. The van der Waals surface area contributed by atoms with Gasteiger partial charge in [-0.25, -0.2) is 9.59 Å². The van der Waals surface area contributed by atoms with Gasteiger partial charge in [0.1, 0.15) is 18.4 Å². The van der Waals surface area contributed by atoms with Crippen LogP contribution in [-0.2, 0) is 27.4 Å². The molecule has 1 heterocycles. The highest BCUT2D eigenvalue weighted by Gasteiger charge is 2.20. The monoisotopic (exact) mass is 496 g/mol. The summed E-state index contributed by atoms with van der Waals surface area (Å²) in [6.45, 7) is 1.71. The van der Waals surface area contributed by atoms with Crippen LogP contribution in [0.25, 0.3) is 0 Å². The number of carbonyl (C=O) groups is 3. The minimum atomic E-state index is -1.17. The fourth-order valence-electron chi connectivity index (χ4n) is 3.48. The van der Waals surface area contributed by atoms with E-state index in [1.54, 1.807) is 12.1 Å². The van der Waals surface area contributed by atoms with Gasteiger partial charge in [0, 0.05) is 25.9 Å². The van der Waals surface area contributed by atoms with Crippen molar-refractivity contribution in [1.29, 1.82) is 0 Å². The van der Waals surface area contributed by atoms with E-state index in [9.17, 15) is 19.5 Å². The summed E-state index contributed by atoms with van der Waals surface area (Å²) in [5.74, 6) is -0.0829. The van der Waals surface area contributed by atoms with Gasteiger partial charge in [-0.1, -0.05) is 42.5 Å². The number of rotatable bonds is 12. The minimum Gasteiger partial charge on any atom is -0.494 e. The number of carbonyl (C=O) groups excluding carboxylic acids is 2. The van der Waals surface area contributed by atoms with Crippen LogP contribution < -0.4 is 20.7 Å². The van der Waals surface area contributed by atoms with Crippen LogP contribution in [0.5, 0.6) is 5.75 Å². The van der Waals surface area contributed by atoms with Gasteiger partial charge >= 0.3 is 12.1 Å². The second kappa shape index (κ2) is 14.3. The van der Waals surface area contributed by atoms with Crippen molar-refractivity contribution in [1.82, 2.24) is 16.0 Å². The molecule has 10 heteroatoms. The van der Waals surface area contributed by atoms with Gasteiger partial charge in [0.15, 0.2) is 5.96 Å². The first-order valence-corrected chi connectivity index (χ1v) is 12.0. The molecular weight excluding hydrogens is 464 g/mol. The summed E-state index contributed by atoms with van der Waals surface area (Å²) in [5, 5.41) is 17.6. The molecule has 2 amide bonds. The summed E-state index contributed by atoms with van der Waals surface area (Å²) < 4.78 is 10.7. The molecule has 0 spiro atoms. The van der Waals surface area contributed by atoms with E-state index >= 15 is 0 Å². The first kappa shape index (κ1) is 26.5. The largest absolute Gasteiger partial charge is 0.494 e. The van der Waals surface area contributed by atoms with Gasteiger partial charge in [-0.15, -0.1) is 0 Å². The van der Waals surface area contributed by atoms with Crippen molar-refractivity contribution < 1.29 is 29.0 Å². The van der Waals surface area contributed by atoms with E-state index in [2.05, 4.69) is 20.9 Å².